The molecule has 0 aromatic carbocycles. The summed E-state index contributed by atoms with van der Waals surface area (Å²) in [5, 5.41) is 3.09. The fourth-order valence-electron chi connectivity index (χ4n) is 1.56. The number of nitrogens with zero attached hydrogens (tertiary/aromatic N) is 4. The van der Waals surface area contributed by atoms with Crippen LogP contribution in [0.1, 0.15) is 17.9 Å². The number of hydrogen-bond donors (Lipinski definition) is 0. The van der Waals surface area contributed by atoms with Crippen molar-refractivity contribution in [2.45, 2.75) is 12.3 Å². The highest BCUT2D eigenvalue weighted by Crippen LogP contribution is 2.48. The largest absolute Gasteiger partial charge is 0.292 e. The van der Waals surface area contributed by atoms with E-state index < -0.39 is 0 Å². The van der Waals surface area contributed by atoms with Gasteiger partial charge in [0.25, 0.3) is 0 Å². The molecule has 0 aliphatic heterocycles. The molecule has 0 radical (unpaired) electrons. The quantitative estimate of drug-likeness (QED) is 0.357. The van der Waals surface area contributed by atoms with E-state index in [1.807, 2.05) is 12.1 Å². The zero-order valence-electron chi connectivity index (χ0n) is 7.67. The first-order chi connectivity index (χ1) is 7.22. The van der Waals surface area contributed by atoms with Crippen molar-refractivity contribution in [1.29, 1.82) is 0 Å². The molecule has 1 amide bonds. The SMILES string of the molecule is [N-]=[N+]=NC(=O)[C@H]1CC1c1ccc(Br)nc1. The summed E-state index contributed by atoms with van der Waals surface area (Å²) < 4.78 is 0.768. The number of pyridine rings is 1. The van der Waals surface area contributed by atoms with Gasteiger partial charge in [-0.3, -0.25) is 4.79 Å². The smallest absolute Gasteiger partial charge is 0.222 e. The van der Waals surface area contributed by atoms with Crippen molar-refractivity contribution in [3.8, 4) is 0 Å². The lowest BCUT2D eigenvalue weighted by Gasteiger charge is -1.97. The van der Waals surface area contributed by atoms with E-state index in [0.29, 0.717) is 0 Å². The number of hydrogen-bond acceptors (Lipinski definition) is 2. The van der Waals surface area contributed by atoms with Crippen LogP contribution >= 0.6 is 15.9 Å². The summed E-state index contributed by atoms with van der Waals surface area (Å²) in [6.07, 6.45) is 2.49. The third-order valence-corrected chi connectivity index (χ3v) is 2.90. The number of halogens is 1. The predicted molar refractivity (Wildman–Crippen MR) is 56.9 cm³/mol. The van der Waals surface area contributed by atoms with Gasteiger partial charge >= 0.3 is 0 Å². The summed E-state index contributed by atoms with van der Waals surface area (Å²) >= 11 is 3.24. The monoisotopic (exact) mass is 266 g/mol. The van der Waals surface area contributed by atoms with Crippen LogP contribution in [0.4, 0.5) is 0 Å². The standard InChI is InChI=1S/C9H7BrN4O/c10-8-2-1-5(4-12-8)6-3-7(6)9(15)13-14-11/h1-2,4,6-7H,3H2/t6?,7-/m0/s1. The maximum absolute atomic E-state index is 11.2. The Morgan fingerprint density at radius 1 is 1.67 bits per heavy atom. The zero-order valence-corrected chi connectivity index (χ0v) is 9.25. The molecule has 0 spiro atoms. The van der Waals surface area contributed by atoms with E-state index in [1.54, 1.807) is 6.20 Å². The summed E-state index contributed by atoms with van der Waals surface area (Å²) in [6, 6.07) is 3.76. The molecule has 6 heteroatoms. The Bertz CT molecular complexity index is 438. The van der Waals surface area contributed by atoms with Crippen molar-refractivity contribution >= 4 is 21.8 Å². The van der Waals surface area contributed by atoms with Gasteiger partial charge in [-0.1, -0.05) is 6.07 Å². The van der Waals surface area contributed by atoms with Crippen LogP contribution < -0.4 is 0 Å². The van der Waals surface area contributed by atoms with E-state index in [4.69, 9.17) is 5.53 Å². The van der Waals surface area contributed by atoms with Crippen LogP contribution in [0.25, 0.3) is 10.4 Å². The summed E-state index contributed by atoms with van der Waals surface area (Å²) in [4.78, 5) is 17.8. The number of azide groups is 1. The molecule has 0 saturated heterocycles. The van der Waals surface area contributed by atoms with Gasteiger partial charge in [0.1, 0.15) is 4.60 Å². The Morgan fingerprint density at radius 2 is 2.47 bits per heavy atom. The number of rotatable bonds is 2. The summed E-state index contributed by atoms with van der Waals surface area (Å²) in [5.41, 5.74) is 9.14. The molecule has 5 nitrogen and oxygen atoms in total. The van der Waals surface area contributed by atoms with Crippen LogP contribution in [0.3, 0.4) is 0 Å². The summed E-state index contributed by atoms with van der Waals surface area (Å²) in [6.45, 7) is 0. The molecular formula is C9H7BrN4O. The second-order valence-electron chi connectivity index (χ2n) is 3.39. The first-order valence-corrected chi connectivity index (χ1v) is 5.22. The first kappa shape index (κ1) is 10.1. The first-order valence-electron chi connectivity index (χ1n) is 4.43. The lowest BCUT2D eigenvalue weighted by atomic mass is 10.1. The third kappa shape index (κ3) is 2.16. The van der Waals surface area contributed by atoms with E-state index >= 15 is 0 Å². The van der Waals surface area contributed by atoms with Gasteiger partial charge in [-0.05, 0) is 50.5 Å². The minimum atomic E-state index is -0.370. The van der Waals surface area contributed by atoms with Crippen molar-refractivity contribution in [2.75, 3.05) is 0 Å². The fourth-order valence-corrected chi connectivity index (χ4v) is 1.80. The Hall–Kier alpha value is -1.39. The van der Waals surface area contributed by atoms with Gasteiger partial charge in [-0.15, -0.1) is 0 Å². The van der Waals surface area contributed by atoms with Crippen LogP contribution in [0, 0.1) is 5.92 Å². The molecule has 1 aromatic heterocycles. The molecule has 2 atom stereocenters. The lowest BCUT2D eigenvalue weighted by Crippen LogP contribution is -1.96. The van der Waals surface area contributed by atoms with E-state index in [9.17, 15) is 4.79 Å². The molecule has 1 unspecified atom stereocenters. The van der Waals surface area contributed by atoms with Crippen molar-refractivity contribution in [3.63, 3.8) is 0 Å². The van der Waals surface area contributed by atoms with Crippen LogP contribution in [0.5, 0.6) is 0 Å². The number of carbonyl (C=O) groups is 1. The van der Waals surface area contributed by atoms with Gasteiger partial charge in [0, 0.05) is 17.0 Å². The van der Waals surface area contributed by atoms with E-state index in [0.717, 1.165) is 16.6 Å². The third-order valence-electron chi connectivity index (χ3n) is 2.43. The molecule has 76 valence electrons. The Kier molecular flexibility index (Phi) is 2.70. The van der Waals surface area contributed by atoms with Crippen molar-refractivity contribution < 1.29 is 4.79 Å². The fraction of sp³-hybridized carbons (Fsp3) is 0.333. The van der Waals surface area contributed by atoms with Gasteiger partial charge in [0.15, 0.2) is 0 Å². The van der Waals surface area contributed by atoms with Gasteiger partial charge < -0.3 is 0 Å². The van der Waals surface area contributed by atoms with Gasteiger partial charge in [0.2, 0.25) is 5.91 Å². The normalized spacial score (nSPS) is 23.0. The van der Waals surface area contributed by atoms with E-state index in [2.05, 4.69) is 30.9 Å². The Morgan fingerprint density at radius 3 is 3.07 bits per heavy atom. The average Bonchev–Trinajstić information content (AvgIpc) is 2.99. The minimum absolute atomic E-state index is 0.149. The topological polar surface area (TPSA) is 78.7 Å². The second-order valence-corrected chi connectivity index (χ2v) is 4.20. The molecule has 1 fully saturated rings. The predicted octanol–water partition coefficient (Wildman–Crippen LogP) is 2.78. The van der Waals surface area contributed by atoms with Crippen molar-refractivity contribution in [1.82, 2.24) is 4.98 Å². The highest BCUT2D eigenvalue weighted by atomic mass is 79.9. The summed E-state index contributed by atoms with van der Waals surface area (Å²) in [5.74, 6) is -0.349. The molecule has 1 aliphatic carbocycles. The Balaban J connectivity index is 2.08. The number of aromatic nitrogens is 1. The molecule has 1 aliphatic rings. The highest BCUT2D eigenvalue weighted by Gasteiger charge is 2.43. The second kappa shape index (κ2) is 4.00. The van der Waals surface area contributed by atoms with Crippen LogP contribution in [0.2, 0.25) is 0 Å². The van der Waals surface area contributed by atoms with E-state index in [-0.39, 0.29) is 17.7 Å². The molecule has 1 aromatic rings. The molecular weight excluding hydrogens is 260 g/mol. The molecule has 0 bridgehead atoms. The highest BCUT2D eigenvalue weighted by molar-refractivity contribution is 9.10. The molecule has 1 saturated carbocycles. The molecule has 1 heterocycles. The zero-order chi connectivity index (χ0) is 10.8. The summed E-state index contributed by atoms with van der Waals surface area (Å²) in [7, 11) is 0. The number of carbonyl (C=O) groups excluding carboxylic acids is 1. The average molecular weight is 267 g/mol. The minimum Gasteiger partial charge on any atom is -0.292 e. The maximum atomic E-state index is 11.2. The lowest BCUT2D eigenvalue weighted by molar-refractivity contribution is -0.119. The number of amides is 1. The van der Waals surface area contributed by atoms with Crippen molar-refractivity contribution in [2.24, 2.45) is 11.0 Å². The van der Waals surface area contributed by atoms with Crippen LogP contribution in [-0.2, 0) is 4.79 Å². The van der Waals surface area contributed by atoms with Gasteiger partial charge in [0.05, 0.1) is 0 Å². The van der Waals surface area contributed by atoms with Gasteiger partial charge in [-0.2, -0.15) is 0 Å². The van der Waals surface area contributed by atoms with Crippen LogP contribution in [0.15, 0.2) is 28.0 Å². The molecule has 0 N–H and O–H groups in total. The van der Waals surface area contributed by atoms with Gasteiger partial charge in [-0.25, -0.2) is 4.98 Å². The Labute approximate surface area is 94.3 Å². The maximum Gasteiger partial charge on any atom is 0.222 e. The van der Waals surface area contributed by atoms with E-state index in [1.165, 1.54) is 0 Å². The van der Waals surface area contributed by atoms with Crippen LogP contribution in [-0.4, -0.2) is 10.9 Å². The molecule has 2 rings (SSSR count). The van der Waals surface area contributed by atoms with Crippen molar-refractivity contribution in [3.05, 3.63) is 38.9 Å². The molecule has 15 heavy (non-hydrogen) atoms.